The monoisotopic (exact) mass is 200 g/mol. The number of carbonyl (C=O) groups is 1. The van der Waals surface area contributed by atoms with Gasteiger partial charge < -0.3 is 15.7 Å². The molecule has 82 valence electrons. The van der Waals surface area contributed by atoms with E-state index in [2.05, 4.69) is 0 Å². The second-order valence-electron chi connectivity index (χ2n) is 4.22. The van der Waals surface area contributed by atoms with Crippen LogP contribution in [0.3, 0.4) is 0 Å². The lowest BCUT2D eigenvalue weighted by Crippen LogP contribution is -2.42. The molecule has 1 amide bonds. The molecule has 1 aliphatic carbocycles. The van der Waals surface area contributed by atoms with E-state index in [1.165, 1.54) is 0 Å². The first-order valence-electron chi connectivity index (χ1n) is 5.24. The minimum absolute atomic E-state index is 0.0211. The molecule has 0 radical (unpaired) electrons. The molecule has 0 aromatic carbocycles. The summed E-state index contributed by atoms with van der Waals surface area (Å²) in [5.41, 5.74) is 4.66. The van der Waals surface area contributed by atoms with E-state index >= 15 is 0 Å². The van der Waals surface area contributed by atoms with Crippen molar-refractivity contribution >= 4 is 5.91 Å². The van der Waals surface area contributed by atoms with Crippen molar-refractivity contribution in [1.82, 2.24) is 4.90 Å². The van der Waals surface area contributed by atoms with E-state index in [-0.39, 0.29) is 5.91 Å². The van der Waals surface area contributed by atoms with Gasteiger partial charge in [-0.3, -0.25) is 4.79 Å². The standard InChI is InChI=1S/C10H20N2O2/c1-12(9(13)4-7-11)8-10(14)5-2-3-6-10/h14H,2-8,11H2,1H3. The number of hydrogen-bond acceptors (Lipinski definition) is 3. The number of hydrogen-bond donors (Lipinski definition) is 2. The molecule has 0 saturated heterocycles. The number of rotatable bonds is 4. The normalized spacial score (nSPS) is 19.6. The first kappa shape index (κ1) is 11.5. The third-order valence-corrected chi connectivity index (χ3v) is 2.85. The molecule has 4 heteroatoms. The van der Waals surface area contributed by atoms with E-state index in [1.807, 2.05) is 0 Å². The van der Waals surface area contributed by atoms with E-state index in [1.54, 1.807) is 11.9 Å². The molecule has 1 rings (SSSR count). The zero-order chi connectivity index (χ0) is 10.6. The van der Waals surface area contributed by atoms with Crippen LogP contribution in [0.4, 0.5) is 0 Å². The number of likely N-dealkylation sites (N-methyl/N-ethyl adjacent to an activating group) is 1. The summed E-state index contributed by atoms with van der Waals surface area (Å²) in [6, 6.07) is 0. The zero-order valence-electron chi connectivity index (χ0n) is 8.83. The third kappa shape index (κ3) is 2.96. The van der Waals surface area contributed by atoms with Gasteiger partial charge in [0.2, 0.25) is 5.91 Å². The summed E-state index contributed by atoms with van der Waals surface area (Å²) in [6.07, 6.45) is 4.12. The smallest absolute Gasteiger partial charge is 0.223 e. The summed E-state index contributed by atoms with van der Waals surface area (Å²) in [5, 5.41) is 10.1. The summed E-state index contributed by atoms with van der Waals surface area (Å²) in [6.45, 7) is 0.827. The average Bonchev–Trinajstić information content (AvgIpc) is 2.52. The maximum Gasteiger partial charge on any atom is 0.223 e. The van der Waals surface area contributed by atoms with Crippen LogP contribution < -0.4 is 5.73 Å². The summed E-state index contributed by atoms with van der Waals surface area (Å²) < 4.78 is 0. The van der Waals surface area contributed by atoms with E-state index in [0.717, 1.165) is 25.7 Å². The van der Waals surface area contributed by atoms with Gasteiger partial charge in [-0.05, 0) is 12.8 Å². The number of amides is 1. The molecule has 1 aliphatic rings. The number of carbonyl (C=O) groups excluding carboxylic acids is 1. The minimum atomic E-state index is -0.640. The Bertz CT molecular complexity index is 200. The van der Waals surface area contributed by atoms with Crippen LogP contribution in [0.2, 0.25) is 0 Å². The van der Waals surface area contributed by atoms with Gasteiger partial charge in [0.15, 0.2) is 0 Å². The molecular weight excluding hydrogens is 180 g/mol. The van der Waals surface area contributed by atoms with Gasteiger partial charge in [-0.2, -0.15) is 0 Å². The molecule has 0 atom stereocenters. The minimum Gasteiger partial charge on any atom is -0.388 e. The van der Waals surface area contributed by atoms with Gasteiger partial charge >= 0.3 is 0 Å². The Morgan fingerprint density at radius 3 is 2.57 bits per heavy atom. The van der Waals surface area contributed by atoms with Gasteiger partial charge in [0.25, 0.3) is 0 Å². The van der Waals surface area contributed by atoms with Gasteiger partial charge in [0.1, 0.15) is 0 Å². The Balaban J connectivity index is 2.38. The second-order valence-corrected chi connectivity index (χ2v) is 4.22. The van der Waals surface area contributed by atoms with Crippen LogP contribution in [-0.4, -0.2) is 41.7 Å². The lowest BCUT2D eigenvalue weighted by molar-refractivity contribution is -0.132. The van der Waals surface area contributed by atoms with Gasteiger partial charge in [-0.25, -0.2) is 0 Å². The number of aliphatic hydroxyl groups is 1. The Kier molecular flexibility index (Phi) is 3.89. The molecule has 0 unspecified atom stereocenters. The van der Waals surface area contributed by atoms with E-state index in [0.29, 0.717) is 19.5 Å². The van der Waals surface area contributed by atoms with E-state index in [9.17, 15) is 9.90 Å². The van der Waals surface area contributed by atoms with Crippen molar-refractivity contribution in [3.8, 4) is 0 Å². The predicted molar refractivity (Wildman–Crippen MR) is 54.7 cm³/mol. The van der Waals surface area contributed by atoms with Gasteiger partial charge in [-0.15, -0.1) is 0 Å². The first-order chi connectivity index (χ1) is 6.57. The molecule has 3 N–H and O–H groups in total. The van der Waals surface area contributed by atoms with Gasteiger partial charge in [0.05, 0.1) is 5.60 Å². The lowest BCUT2D eigenvalue weighted by atomic mass is 10.0. The van der Waals surface area contributed by atoms with Gasteiger partial charge in [0, 0.05) is 26.6 Å². The van der Waals surface area contributed by atoms with Crippen LogP contribution in [0.15, 0.2) is 0 Å². The fourth-order valence-corrected chi connectivity index (χ4v) is 2.04. The quantitative estimate of drug-likeness (QED) is 0.676. The maximum absolute atomic E-state index is 11.4. The Morgan fingerprint density at radius 2 is 2.07 bits per heavy atom. The van der Waals surface area contributed by atoms with Crippen molar-refractivity contribution in [2.24, 2.45) is 5.73 Å². The number of nitrogens with two attached hydrogens (primary N) is 1. The molecule has 4 nitrogen and oxygen atoms in total. The fraction of sp³-hybridized carbons (Fsp3) is 0.900. The second kappa shape index (κ2) is 4.75. The molecule has 0 aliphatic heterocycles. The highest BCUT2D eigenvalue weighted by Crippen LogP contribution is 2.29. The highest BCUT2D eigenvalue weighted by atomic mass is 16.3. The van der Waals surface area contributed by atoms with Crippen LogP contribution in [0.1, 0.15) is 32.1 Å². The van der Waals surface area contributed by atoms with Gasteiger partial charge in [-0.1, -0.05) is 12.8 Å². The molecule has 1 fully saturated rings. The van der Waals surface area contributed by atoms with Crippen LogP contribution in [0, 0.1) is 0 Å². The Morgan fingerprint density at radius 1 is 1.50 bits per heavy atom. The molecule has 0 spiro atoms. The molecule has 0 heterocycles. The summed E-state index contributed by atoms with van der Waals surface area (Å²) in [7, 11) is 1.73. The molecule has 0 aromatic heterocycles. The number of nitrogens with zero attached hydrogens (tertiary/aromatic N) is 1. The van der Waals surface area contributed by atoms with Crippen molar-refractivity contribution in [1.29, 1.82) is 0 Å². The molecule has 0 aromatic rings. The Labute approximate surface area is 85.1 Å². The predicted octanol–water partition coefficient (Wildman–Crippen LogP) is 0.0987. The van der Waals surface area contributed by atoms with Crippen LogP contribution >= 0.6 is 0 Å². The maximum atomic E-state index is 11.4. The zero-order valence-corrected chi connectivity index (χ0v) is 8.83. The van der Waals surface area contributed by atoms with Crippen molar-refractivity contribution in [3.63, 3.8) is 0 Å². The van der Waals surface area contributed by atoms with Crippen LogP contribution in [-0.2, 0) is 4.79 Å². The molecule has 14 heavy (non-hydrogen) atoms. The molecule has 0 bridgehead atoms. The molecule has 1 saturated carbocycles. The first-order valence-corrected chi connectivity index (χ1v) is 5.24. The highest BCUT2D eigenvalue weighted by molar-refractivity contribution is 5.76. The molecular formula is C10H20N2O2. The van der Waals surface area contributed by atoms with Crippen molar-refractivity contribution in [2.75, 3.05) is 20.1 Å². The van der Waals surface area contributed by atoms with E-state index in [4.69, 9.17) is 5.73 Å². The average molecular weight is 200 g/mol. The highest BCUT2D eigenvalue weighted by Gasteiger charge is 2.33. The Hall–Kier alpha value is -0.610. The van der Waals surface area contributed by atoms with E-state index < -0.39 is 5.60 Å². The van der Waals surface area contributed by atoms with Crippen molar-refractivity contribution in [2.45, 2.75) is 37.7 Å². The lowest BCUT2D eigenvalue weighted by Gasteiger charge is -2.28. The fourth-order valence-electron chi connectivity index (χ4n) is 2.04. The summed E-state index contributed by atoms with van der Waals surface area (Å²) in [5.74, 6) is 0.0211. The SMILES string of the molecule is CN(CC1(O)CCCC1)C(=O)CCN. The topological polar surface area (TPSA) is 66.6 Å². The summed E-state index contributed by atoms with van der Waals surface area (Å²) >= 11 is 0. The third-order valence-electron chi connectivity index (χ3n) is 2.85. The largest absolute Gasteiger partial charge is 0.388 e. The summed E-state index contributed by atoms with van der Waals surface area (Å²) in [4.78, 5) is 13.0. The van der Waals surface area contributed by atoms with Crippen molar-refractivity contribution < 1.29 is 9.90 Å². The van der Waals surface area contributed by atoms with Crippen LogP contribution in [0.5, 0.6) is 0 Å². The van der Waals surface area contributed by atoms with Crippen molar-refractivity contribution in [3.05, 3.63) is 0 Å². The van der Waals surface area contributed by atoms with Crippen LogP contribution in [0.25, 0.3) is 0 Å².